The van der Waals surface area contributed by atoms with Gasteiger partial charge in [0.1, 0.15) is 22.9 Å². The highest BCUT2D eigenvalue weighted by Crippen LogP contribution is 2.30. The van der Waals surface area contributed by atoms with Crippen molar-refractivity contribution in [2.24, 2.45) is 7.05 Å². The van der Waals surface area contributed by atoms with Gasteiger partial charge in [-0.15, -0.1) is 0 Å². The van der Waals surface area contributed by atoms with E-state index in [-0.39, 0.29) is 0 Å². The standard InChI is InChI=1S/C24H18F3N3O4/c1-30-13-15(24(25,26)27)12-20(23(30)32)29-22(31)14-33-16-6-8-17(9-7-16)34-21-10-11-28-19-5-3-2-4-18(19)21/h2-13H,14H2,1H3,(H,29,31). The Hall–Kier alpha value is -4.34. The second kappa shape index (κ2) is 9.26. The van der Waals surface area contributed by atoms with E-state index in [2.05, 4.69) is 10.3 Å². The van der Waals surface area contributed by atoms with Crippen LogP contribution < -0.4 is 20.3 Å². The summed E-state index contributed by atoms with van der Waals surface area (Å²) in [6.45, 7) is -0.505. The Morgan fingerprint density at radius 1 is 1.06 bits per heavy atom. The number of carbonyl (C=O) groups is 1. The molecule has 0 aliphatic rings. The third-order valence-electron chi connectivity index (χ3n) is 4.82. The highest BCUT2D eigenvalue weighted by Gasteiger charge is 2.32. The Balaban J connectivity index is 1.39. The minimum Gasteiger partial charge on any atom is -0.484 e. The van der Waals surface area contributed by atoms with Crippen LogP contribution in [-0.2, 0) is 18.0 Å². The number of rotatable bonds is 6. The summed E-state index contributed by atoms with van der Waals surface area (Å²) in [5.41, 5.74) is -1.52. The van der Waals surface area contributed by atoms with E-state index < -0.39 is 35.5 Å². The van der Waals surface area contributed by atoms with Gasteiger partial charge in [0, 0.05) is 24.8 Å². The molecule has 34 heavy (non-hydrogen) atoms. The number of aromatic nitrogens is 2. The molecular weight excluding hydrogens is 451 g/mol. The third-order valence-corrected chi connectivity index (χ3v) is 4.82. The molecule has 0 spiro atoms. The molecule has 0 bridgehead atoms. The van der Waals surface area contributed by atoms with Crippen molar-refractivity contribution in [3.63, 3.8) is 0 Å². The van der Waals surface area contributed by atoms with Gasteiger partial charge < -0.3 is 19.4 Å². The van der Waals surface area contributed by atoms with Crippen molar-refractivity contribution in [3.8, 4) is 17.2 Å². The van der Waals surface area contributed by atoms with Crippen LogP contribution in [0.2, 0.25) is 0 Å². The van der Waals surface area contributed by atoms with Crippen LogP contribution in [-0.4, -0.2) is 22.1 Å². The Labute approximate surface area is 191 Å². The number of ether oxygens (including phenoxy) is 2. The van der Waals surface area contributed by atoms with Gasteiger partial charge in [0.15, 0.2) is 6.61 Å². The maximum absolute atomic E-state index is 13.0. The lowest BCUT2D eigenvalue weighted by atomic mass is 10.2. The summed E-state index contributed by atoms with van der Waals surface area (Å²) in [7, 11) is 1.17. The molecule has 0 atom stereocenters. The molecule has 0 aliphatic heterocycles. The summed E-state index contributed by atoms with van der Waals surface area (Å²) in [5, 5.41) is 3.02. The van der Waals surface area contributed by atoms with E-state index in [1.54, 1.807) is 36.5 Å². The van der Waals surface area contributed by atoms with Crippen molar-refractivity contribution in [3.05, 3.63) is 89.0 Å². The number of aryl methyl sites for hydroxylation is 1. The van der Waals surface area contributed by atoms with Crippen LogP contribution in [0.15, 0.2) is 77.9 Å². The number of para-hydroxylation sites is 1. The third kappa shape index (κ3) is 5.17. The fourth-order valence-corrected chi connectivity index (χ4v) is 3.18. The SMILES string of the molecule is Cn1cc(C(F)(F)F)cc(NC(=O)COc2ccc(Oc3ccnc4ccccc34)cc2)c1=O. The molecule has 2 aromatic heterocycles. The number of benzene rings is 2. The van der Waals surface area contributed by atoms with Crippen molar-refractivity contribution in [1.29, 1.82) is 0 Å². The largest absolute Gasteiger partial charge is 0.484 e. The molecule has 4 aromatic rings. The Bertz CT molecular complexity index is 1390. The minimum atomic E-state index is -4.66. The predicted molar refractivity (Wildman–Crippen MR) is 119 cm³/mol. The number of amides is 1. The van der Waals surface area contributed by atoms with Crippen molar-refractivity contribution < 1.29 is 27.4 Å². The van der Waals surface area contributed by atoms with Gasteiger partial charge in [0.25, 0.3) is 11.5 Å². The van der Waals surface area contributed by atoms with Crippen molar-refractivity contribution in [1.82, 2.24) is 9.55 Å². The first kappa shape index (κ1) is 22.8. The number of carbonyl (C=O) groups excluding carboxylic acids is 1. The van der Waals surface area contributed by atoms with Gasteiger partial charge in [0.05, 0.1) is 11.1 Å². The van der Waals surface area contributed by atoms with E-state index in [0.717, 1.165) is 15.5 Å². The van der Waals surface area contributed by atoms with Gasteiger partial charge >= 0.3 is 6.18 Å². The predicted octanol–water partition coefficient (Wildman–Crippen LogP) is 4.76. The van der Waals surface area contributed by atoms with E-state index in [1.807, 2.05) is 24.3 Å². The fraction of sp³-hybridized carbons (Fsp3) is 0.125. The number of fused-ring (bicyclic) bond motifs is 1. The Morgan fingerprint density at radius 3 is 2.50 bits per heavy atom. The highest BCUT2D eigenvalue weighted by atomic mass is 19.4. The van der Waals surface area contributed by atoms with Crippen LogP contribution in [0, 0.1) is 0 Å². The maximum Gasteiger partial charge on any atom is 0.417 e. The molecular formula is C24H18F3N3O4. The molecule has 1 amide bonds. The average Bonchev–Trinajstić information content (AvgIpc) is 2.81. The summed E-state index contributed by atoms with van der Waals surface area (Å²) in [6.07, 6.45) is -2.36. The second-order valence-electron chi connectivity index (χ2n) is 7.29. The van der Waals surface area contributed by atoms with Gasteiger partial charge in [-0.1, -0.05) is 12.1 Å². The second-order valence-corrected chi connectivity index (χ2v) is 7.29. The number of hydrogen-bond donors (Lipinski definition) is 1. The van der Waals surface area contributed by atoms with Crippen molar-refractivity contribution in [2.75, 3.05) is 11.9 Å². The maximum atomic E-state index is 13.0. The number of alkyl halides is 3. The smallest absolute Gasteiger partial charge is 0.417 e. The summed E-state index contributed by atoms with van der Waals surface area (Å²) >= 11 is 0. The summed E-state index contributed by atoms with van der Waals surface area (Å²) in [5.74, 6) is 0.709. The molecule has 4 rings (SSSR count). The first-order valence-corrected chi connectivity index (χ1v) is 10.0. The zero-order valence-corrected chi connectivity index (χ0v) is 17.8. The van der Waals surface area contributed by atoms with Crippen LogP contribution in [0.4, 0.5) is 18.9 Å². The molecule has 1 N–H and O–H groups in total. The van der Waals surface area contributed by atoms with Crippen LogP contribution in [0.25, 0.3) is 10.9 Å². The number of nitrogens with one attached hydrogen (secondary N) is 1. The van der Waals surface area contributed by atoms with Crippen LogP contribution >= 0.6 is 0 Å². The lowest BCUT2D eigenvalue weighted by Gasteiger charge is -2.12. The molecule has 174 valence electrons. The average molecular weight is 469 g/mol. The van der Waals surface area contributed by atoms with E-state index >= 15 is 0 Å². The zero-order chi connectivity index (χ0) is 24.3. The lowest BCUT2D eigenvalue weighted by Crippen LogP contribution is -2.28. The van der Waals surface area contributed by atoms with E-state index in [0.29, 0.717) is 29.5 Å². The number of pyridine rings is 2. The topological polar surface area (TPSA) is 82.5 Å². The number of anilines is 1. The van der Waals surface area contributed by atoms with Gasteiger partial charge in [-0.05, 0) is 48.5 Å². The molecule has 2 aromatic carbocycles. The molecule has 7 nitrogen and oxygen atoms in total. The van der Waals surface area contributed by atoms with Gasteiger partial charge in [-0.2, -0.15) is 13.2 Å². The first-order chi connectivity index (χ1) is 16.2. The van der Waals surface area contributed by atoms with E-state index in [9.17, 15) is 22.8 Å². The molecule has 10 heteroatoms. The highest BCUT2D eigenvalue weighted by molar-refractivity contribution is 5.91. The first-order valence-electron chi connectivity index (χ1n) is 10.0. The van der Waals surface area contributed by atoms with Crippen LogP contribution in [0.1, 0.15) is 5.56 Å². The van der Waals surface area contributed by atoms with Gasteiger partial charge in [0.2, 0.25) is 0 Å². The van der Waals surface area contributed by atoms with Crippen molar-refractivity contribution in [2.45, 2.75) is 6.18 Å². The number of halogens is 3. The number of hydrogen-bond acceptors (Lipinski definition) is 5. The van der Waals surface area contributed by atoms with Crippen LogP contribution in [0.3, 0.4) is 0 Å². The molecule has 0 fully saturated rings. The van der Waals surface area contributed by atoms with Crippen molar-refractivity contribution >= 4 is 22.5 Å². The lowest BCUT2D eigenvalue weighted by molar-refractivity contribution is -0.138. The van der Waals surface area contributed by atoms with E-state index in [4.69, 9.17) is 9.47 Å². The monoisotopic (exact) mass is 469 g/mol. The summed E-state index contributed by atoms with van der Waals surface area (Å²) in [6, 6.07) is 16.3. The molecule has 0 aliphatic carbocycles. The summed E-state index contributed by atoms with van der Waals surface area (Å²) < 4.78 is 50.9. The minimum absolute atomic E-state index is 0.332. The fourth-order valence-electron chi connectivity index (χ4n) is 3.18. The van der Waals surface area contributed by atoms with Crippen LogP contribution in [0.5, 0.6) is 17.2 Å². The molecule has 0 saturated heterocycles. The van der Waals surface area contributed by atoms with Gasteiger partial charge in [-0.3, -0.25) is 14.6 Å². The Morgan fingerprint density at radius 2 is 1.76 bits per heavy atom. The molecule has 2 heterocycles. The normalized spacial score (nSPS) is 11.3. The summed E-state index contributed by atoms with van der Waals surface area (Å²) in [4.78, 5) is 28.5. The van der Waals surface area contributed by atoms with E-state index in [1.165, 1.54) is 7.05 Å². The molecule has 0 radical (unpaired) electrons. The zero-order valence-electron chi connectivity index (χ0n) is 17.8. The Kier molecular flexibility index (Phi) is 6.22. The molecule has 0 unspecified atom stereocenters. The molecule has 0 saturated carbocycles. The van der Waals surface area contributed by atoms with Gasteiger partial charge in [-0.25, -0.2) is 0 Å². The number of nitrogens with zero attached hydrogens (tertiary/aromatic N) is 2. The quantitative estimate of drug-likeness (QED) is 0.440.